The van der Waals surface area contributed by atoms with Gasteiger partial charge in [0.05, 0.1) is 0 Å². The van der Waals surface area contributed by atoms with Gasteiger partial charge in [-0.2, -0.15) is 0 Å². The average molecular weight is 346 g/mol. The zero-order chi connectivity index (χ0) is 17.5. The predicted octanol–water partition coefficient (Wildman–Crippen LogP) is 6.88. The van der Waals surface area contributed by atoms with E-state index in [1.165, 1.54) is 96.3 Å². The lowest BCUT2D eigenvalue weighted by molar-refractivity contribution is 0.202. The molecule has 3 aliphatic carbocycles. The molecule has 0 aromatic rings. The summed E-state index contributed by atoms with van der Waals surface area (Å²) in [6.07, 6.45) is 24.7. The Kier molecular flexibility index (Phi) is 7.90. The molecule has 0 radical (unpaired) electrons. The van der Waals surface area contributed by atoms with Gasteiger partial charge in [-0.25, -0.2) is 0 Å². The molecule has 0 amide bonds. The minimum absolute atomic E-state index is 0.804. The van der Waals surface area contributed by atoms with Crippen molar-refractivity contribution >= 4 is 0 Å². The van der Waals surface area contributed by atoms with Gasteiger partial charge in [0.15, 0.2) is 0 Å². The van der Waals surface area contributed by atoms with Crippen LogP contribution < -0.4 is 5.32 Å². The first-order valence-corrected chi connectivity index (χ1v) is 11.7. The van der Waals surface area contributed by atoms with Crippen LogP contribution in [0.4, 0.5) is 0 Å². The Balaban J connectivity index is 1.39. The molecule has 0 aromatic heterocycles. The molecule has 0 bridgehead atoms. The monoisotopic (exact) mass is 345 g/mol. The molecule has 3 rings (SSSR count). The summed E-state index contributed by atoms with van der Waals surface area (Å²) in [7, 11) is 2.14. The zero-order valence-electron chi connectivity index (χ0n) is 17.1. The molecule has 144 valence electrons. The molecule has 2 fully saturated rings. The maximum Gasteiger partial charge on any atom is 0.00642 e. The van der Waals surface area contributed by atoms with Gasteiger partial charge in [0, 0.05) is 6.04 Å². The van der Waals surface area contributed by atoms with E-state index in [1.54, 1.807) is 0 Å². The van der Waals surface area contributed by atoms with Crippen molar-refractivity contribution in [1.82, 2.24) is 5.32 Å². The van der Waals surface area contributed by atoms with Crippen LogP contribution >= 0.6 is 0 Å². The van der Waals surface area contributed by atoms with E-state index in [1.807, 2.05) is 5.57 Å². The highest BCUT2D eigenvalue weighted by Crippen LogP contribution is 2.43. The molecule has 1 heteroatoms. The van der Waals surface area contributed by atoms with Crippen LogP contribution in [0.5, 0.6) is 0 Å². The molecule has 0 heterocycles. The first kappa shape index (κ1) is 19.5. The number of hydrogen-bond acceptors (Lipinski definition) is 1. The molecule has 1 atom stereocenters. The van der Waals surface area contributed by atoms with Gasteiger partial charge >= 0.3 is 0 Å². The highest BCUT2D eigenvalue weighted by molar-refractivity contribution is 5.12. The summed E-state index contributed by atoms with van der Waals surface area (Å²) in [4.78, 5) is 0. The Morgan fingerprint density at radius 2 is 1.64 bits per heavy atom. The molecule has 1 N–H and O–H groups in total. The fraction of sp³-hybridized carbons (Fsp3) is 0.917. The first-order valence-electron chi connectivity index (χ1n) is 11.7. The summed E-state index contributed by atoms with van der Waals surface area (Å²) in [5.74, 6) is 4.05. The van der Waals surface area contributed by atoms with Crippen molar-refractivity contribution in [1.29, 1.82) is 0 Å². The van der Waals surface area contributed by atoms with Gasteiger partial charge in [-0.1, -0.05) is 44.3 Å². The molecule has 0 saturated heterocycles. The SMILES string of the molecule is CCCCCC1CCC(C2=CCC(C3CCC(NC)CC3)CC2)CC1. The van der Waals surface area contributed by atoms with Gasteiger partial charge in [-0.05, 0) is 101 Å². The number of unbranched alkanes of at least 4 members (excludes halogenated alkanes) is 2. The standard InChI is InChI=1S/C24H43N/c1-3-4-5-6-19-7-9-20(10-8-19)21-11-13-22(14-12-21)23-15-17-24(25-2)18-16-23/h11,19-20,22-25H,3-10,12-18H2,1-2H3. The van der Waals surface area contributed by atoms with Gasteiger partial charge in [-0.3, -0.25) is 0 Å². The van der Waals surface area contributed by atoms with E-state index in [0.29, 0.717) is 0 Å². The van der Waals surface area contributed by atoms with Gasteiger partial charge < -0.3 is 5.32 Å². The minimum Gasteiger partial charge on any atom is -0.317 e. The normalized spacial score (nSPS) is 36.9. The molecule has 25 heavy (non-hydrogen) atoms. The highest BCUT2D eigenvalue weighted by atomic mass is 14.9. The fourth-order valence-electron chi connectivity index (χ4n) is 6.06. The van der Waals surface area contributed by atoms with E-state index in [9.17, 15) is 0 Å². The Bertz CT molecular complexity index is 396. The van der Waals surface area contributed by atoms with Crippen molar-refractivity contribution in [3.8, 4) is 0 Å². The van der Waals surface area contributed by atoms with Gasteiger partial charge in [0.1, 0.15) is 0 Å². The van der Waals surface area contributed by atoms with Gasteiger partial charge in [0.2, 0.25) is 0 Å². The second-order valence-electron chi connectivity index (χ2n) is 9.43. The lowest BCUT2D eigenvalue weighted by Crippen LogP contribution is -2.33. The molecule has 0 aliphatic heterocycles. The summed E-state index contributed by atoms with van der Waals surface area (Å²) in [6.45, 7) is 2.33. The third-order valence-electron chi connectivity index (χ3n) is 7.92. The number of allylic oxidation sites excluding steroid dienone is 2. The van der Waals surface area contributed by atoms with E-state index in [4.69, 9.17) is 0 Å². The van der Waals surface area contributed by atoms with Crippen molar-refractivity contribution in [3.05, 3.63) is 11.6 Å². The molecule has 1 unspecified atom stereocenters. The summed E-state index contributed by atoms with van der Waals surface area (Å²) >= 11 is 0. The summed E-state index contributed by atoms with van der Waals surface area (Å²) in [6, 6.07) is 0.804. The first-order chi connectivity index (χ1) is 12.3. The van der Waals surface area contributed by atoms with Crippen LogP contribution in [0.1, 0.15) is 103 Å². The number of nitrogens with one attached hydrogen (secondary N) is 1. The third kappa shape index (κ3) is 5.59. The van der Waals surface area contributed by atoms with Crippen molar-refractivity contribution in [3.63, 3.8) is 0 Å². The van der Waals surface area contributed by atoms with E-state index in [2.05, 4.69) is 25.4 Å². The quantitative estimate of drug-likeness (QED) is 0.392. The summed E-state index contributed by atoms with van der Waals surface area (Å²) in [5.41, 5.74) is 1.87. The highest BCUT2D eigenvalue weighted by Gasteiger charge is 2.30. The van der Waals surface area contributed by atoms with Crippen molar-refractivity contribution in [2.45, 2.75) is 109 Å². The van der Waals surface area contributed by atoms with Crippen LogP contribution in [0, 0.1) is 23.7 Å². The van der Waals surface area contributed by atoms with Crippen LogP contribution in [-0.4, -0.2) is 13.1 Å². The Labute approximate surface area is 157 Å². The van der Waals surface area contributed by atoms with Crippen molar-refractivity contribution in [2.24, 2.45) is 23.7 Å². The average Bonchev–Trinajstić information content (AvgIpc) is 2.69. The molecule has 1 nitrogen and oxygen atoms in total. The maximum absolute atomic E-state index is 3.48. The topological polar surface area (TPSA) is 12.0 Å². The third-order valence-corrected chi connectivity index (χ3v) is 7.92. The van der Waals surface area contributed by atoms with Crippen LogP contribution in [0.15, 0.2) is 11.6 Å². The maximum atomic E-state index is 3.48. The van der Waals surface area contributed by atoms with Gasteiger partial charge in [-0.15, -0.1) is 0 Å². The van der Waals surface area contributed by atoms with Crippen LogP contribution in [0.3, 0.4) is 0 Å². The van der Waals surface area contributed by atoms with E-state index < -0.39 is 0 Å². The van der Waals surface area contributed by atoms with Gasteiger partial charge in [0.25, 0.3) is 0 Å². The largest absolute Gasteiger partial charge is 0.317 e. The summed E-state index contributed by atoms with van der Waals surface area (Å²) < 4.78 is 0. The zero-order valence-corrected chi connectivity index (χ0v) is 17.1. The van der Waals surface area contributed by atoms with Crippen LogP contribution in [0.2, 0.25) is 0 Å². The minimum atomic E-state index is 0.804. The second-order valence-corrected chi connectivity index (χ2v) is 9.43. The Hall–Kier alpha value is -0.300. The van der Waals surface area contributed by atoms with Crippen LogP contribution in [-0.2, 0) is 0 Å². The van der Waals surface area contributed by atoms with E-state index >= 15 is 0 Å². The number of rotatable bonds is 7. The summed E-state index contributed by atoms with van der Waals surface area (Å²) in [5, 5.41) is 3.48. The van der Waals surface area contributed by atoms with E-state index in [0.717, 1.165) is 29.7 Å². The Morgan fingerprint density at radius 3 is 2.24 bits per heavy atom. The lowest BCUT2D eigenvalue weighted by Gasteiger charge is -2.37. The molecule has 2 saturated carbocycles. The molecule has 3 aliphatic rings. The lowest BCUT2D eigenvalue weighted by atomic mass is 9.69. The molecule has 0 aromatic carbocycles. The van der Waals surface area contributed by atoms with Crippen molar-refractivity contribution in [2.75, 3.05) is 7.05 Å². The van der Waals surface area contributed by atoms with Crippen molar-refractivity contribution < 1.29 is 0 Å². The molecular formula is C24H43N. The molecule has 0 spiro atoms. The second kappa shape index (κ2) is 10.1. The van der Waals surface area contributed by atoms with Crippen LogP contribution in [0.25, 0.3) is 0 Å². The molecular weight excluding hydrogens is 302 g/mol. The predicted molar refractivity (Wildman–Crippen MR) is 110 cm³/mol. The smallest absolute Gasteiger partial charge is 0.00642 e. The van der Waals surface area contributed by atoms with E-state index in [-0.39, 0.29) is 0 Å². The fourth-order valence-corrected chi connectivity index (χ4v) is 6.06. The Morgan fingerprint density at radius 1 is 0.880 bits per heavy atom. The number of hydrogen-bond donors (Lipinski definition) is 1.